The first kappa shape index (κ1) is 13.9. The molecular weight excluding hydrogens is 176 g/mol. The molecule has 2 atom stereocenters. The molecule has 0 aliphatic heterocycles. The molecule has 0 aliphatic carbocycles. The highest BCUT2D eigenvalue weighted by molar-refractivity contribution is 5.03. The number of hydrogen-bond donors (Lipinski definition) is 2. The third-order valence-corrected chi connectivity index (χ3v) is 4.31. The third-order valence-electron chi connectivity index (χ3n) is 4.31. The van der Waals surface area contributed by atoms with Crippen molar-refractivity contribution in [1.82, 2.24) is 0 Å². The molecule has 0 radical (unpaired) electrons. The van der Waals surface area contributed by atoms with Gasteiger partial charge in [-0.15, -0.1) is 0 Å². The van der Waals surface area contributed by atoms with Crippen LogP contribution in [-0.2, 0) is 0 Å². The molecule has 0 aliphatic rings. The summed E-state index contributed by atoms with van der Waals surface area (Å²) in [7, 11) is 0. The van der Waals surface area contributed by atoms with Gasteiger partial charge in [0.15, 0.2) is 0 Å². The van der Waals surface area contributed by atoms with Crippen molar-refractivity contribution in [2.75, 3.05) is 0 Å². The summed E-state index contributed by atoms with van der Waals surface area (Å²) in [5, 5.41) is 20.8. The van der Waals surface area contributed by atoms with Gasteiger partial charge in [0.2, 0.25) is 0 Å². The van der Waals surface area contributed by atoms with Crippen molar-refractivity contribution in [1.29, 1.82) is 0 Å². The minimum atomic E-state index is -1.08. The standard InChI is InChI=1S/C12H26O2/c1-8-10(4,5)12(7,14)11(6,13)9(2)3/h9,13-14H,8H2,1-7H3. The van der Waals surface area contributed by atoms with Crippen molar-refractivity contribution in [3.8, 4) is 0 Å². The fourth-order valence-corrected chi connectivity index (χ4v) is 1.59. The summed E-state index contributed by atoms with van der Waals surface area (Å²) < 4.78 is 0. The maximum atomic E-state index is 10.5. The van der Waals surface area contributed by atoms with Gasteiger partial charge in [-0.1, -0.05) is 34.6 Å². The van der Waals surface area contributed by atoms with Gasteiger partial charge in [-0.2, -0.15) is 0 Å². The molecule has 0 saturated carbocycles. The maximum absolute atomic E-state index is 10.5. The van der Waals surface area contributed by atoms with Gasteiger partial charge < -0.3 is 10.2 Å². The van der Waals surface area contributed by atoms with Crippen LogP contribution in [0.4, 0.5) is 0 Å². The average molecular weight is 202 g/mol. The van der Waals surface area contributed by atoms with Gasteiger partial charge >= 0.3 is 0 Å². The first-order chi connectivity index (χ1) is 6.00. The minimum Gasteiger partial charge on any atom is -0.387 e. The van der Waals surface area contributed by atoms with Crippen molar-refractivity contribution in [3.05, 3.63) is 0 Å². The van der Waals surface area contributed by atoms with Gasteiger partial charge in [0.25, 0.3) is 0 Å². The van der Waals surface area contributed by atoms with E-state index in [2.05, 4.69) is 0 Å². The predicted molar refractivity (Wildman–Crippen MR) is 60.2 cm³/mol. The van der Waals surface area contributed by atoms with Gasteiger partial charge in [-0.3, -0.25) is 0 Å². The van der Waals surface area contributed by atoms with Crippen molar-refractivity contribution in [3.63, 3.8) is 0 Å². The molecule has 0 bridgehead atoms. The predicted octanol–water partition coefficient (Wildman–Crippen LogP) is 2.58. The number of aliphatic hydroxyl groups is 2. The highest BCUT2D eigenvalue weighted by Gasteiger charge is 2.52. The molecule has 0 saturated heterocycles. The van der Waals surface area contributed by atoms with E-state index in [9.17, 15) is 10.2 Å². The van der Waals surface area contributed by atoms with E-state index >= 15 is 0 Å². The van der Waals surface area contributed by atoms with Gasteiger partial charge in [0.1, 0.15) is 0 Å². The van der Waals surface area contributed by atoms with E-state index in [1.807, 2.05) is 34.6 Å². The normalized spacial score (nSPS) is 21.9. The summed E-state index contributed by atoms with van der Waals surface area (Å²) in [4.78, 5) is 0. The second-order valence-corrected chi connectivity index (χ2v) is 5.61. The first-order valence-corrected chi connectivity index (χ1v) is 5.45. The van der Waals surface area contributed by atoms with Crippen LogP contribution in [0.1, 0.15) is 54.9 Å². The molecule has 2 heteroatoms. The van der Waals surface area contributed by atoms with Crippen molar-refractivity contribution >= 4 is 0 Å². The summed E-state index contributed by atoms with van der Waals surface area (Å²) >= 11 is 0. The zero-order valence-corrected chi connectivity index (χ0v) is 10.7. The quantitative estimate of drug-likeness (QED) is 0.735. The zero-order chi connectivity index (χ0) is 11.8. The van der Waals surface area contributed by atoms with Crippen LogP contribution in [0, 0.1) is 11.3 Å². The van der Waals surface area contributed by atoms with E-state index in [1.165, 1.54) is 0 Å². The Hall–Kier alpha value is -0.0800. The van der Waals surface area contributed by atoms with Crippen molar-refractivity contribution in [2.45, 2.75) is 66.1 Å². The largest absolute Gasteiger partial charge is 0.387 e. The lowest BCUT2D eigenvalue weighted by Crippen LogP contribution is -2.61. The Morgan fingerprint density at radius 2 is 1.36 bits per heavy atom. The molecule has 2 nitrogen and oxygen atoms in total. The maximum Gasteiger partial charge on any atom is 0.0955 e. The molecule has 0 aromatic carbocycles. The zero-order valence-electron chi connectivity index (χ0n) is 10.7. The summed E-state index contributed by atoms with van der Waals surface area (Å²) in [6.45, 7) is 13.3. The SMILES string of the molecule is CCC(C)(C)C(C)(O)C(C)(O)C(C)C. The second kappa shape index (κ2) is 3.82. The molecule has 0 spiro atoms. The van der Waals surface area contributed by atoms with Gasteiger partial charge in [-0.25, -0.2) is 0 Å². The molecule has 2 N–H and O–H groups in total. The Morgan fingerprint density at radius 1 is 1.00 bits per heavy atom. The molecule has 86 valence electrons. The summed E-state index contributed by atoms with van der Waals surface area (Å²) in [5.41, 5.74) is -2.43. The molecule has 0 fully saturated rings. The topological polar surface area (TPSA) is 40.5 Å². The summed E-state index contributed by atoms with van der Waals surface area (Å²) in [5.74, 6) is 0.0309. The molecular formula is C12H26O2. The van der Waals surface area contributed by atoms with Crippen LogP contribution in [0.15, 0.2) is 0 Å². The van der Waals surface area contributed by atoms with Crippen molar-refractivity contribution in [2.24, 2.45) is 11.3 Å². The molecule has 0 amide bonds. The van der Waals surface area contributed by atoms with Crippen LogP contribution in [-0.4, -0.2) is 21.4 Å². The van der Waals surface area contributed by atoms with E-state index in [4.69, 9.17) is 0 Å². The number of rotatable bonds is 4. The smallest absolute Gasteiger partial charge is 0.0955 e. The van der Waals surface area contributed by atoms with E-state index < -0.39 is 11.2 Å². The van der Waals surface area contributed by atoms with Gasteiger partial charge in [-0.05, 0) is 31.6 Å². The molecule has 0 rings (SSSR count). The van der Waals surface area contributed by atoms with Crippen LogP contribution >= 0.6 is 0 Å². The van der Waals surface area contributed by atoms with Crippen LogP contribution in [0.5, 0.6) is 0 Å². The van der Waals surface area contributed by atoms with E-state index in [0.717, 1.165) is 6.42 Å². The Balaban J connectivity index is 5.14. The Bertz CT molecular complexity index is 190. The van der Waals surface area contributed by atoms with E-state index in [-0.39, 0.29) is 11.3 Å². The molecule has 0 aromatic rings. The number of hydrogen-bond acceptors (Lipinski definition) is 2. The second-order valence-electron chi connectivity index (χ2n) is 5.61. The fourth-order valence-electron chi connectivity index (χ4n) is 1.59. The van der Waals surface area contributed by atoms with Gasteiger partial charge in [0.05, 0.1) is 11.2 Å². The average Bonchev–Trinajstić information content (AvgIpc) is 2.03. The lowest BCUT2D eigenvalue weighted by molar-refractivity contribution is -0.208. The fraction of sp³-hybridized carbons (Fsp3) is 1.00. The lowest BCUT2D eigenvalue weighted by Gasteiger charge is -2.50. The molecule has 0 heterocycles. The highest BCUT2D eigenvalue weighted by atomic mass is 16.4. The van der Waals surface area contributed by atoms with E-state index in [1.54, 1.807) is 13.8 Å². The third kappa shape index (κ3) is 1.96. The summed E-state index contributed by atoms with van der Waals surface area (Å²) in [6, 6.07) is 0. The van der Waals surface area contributed by atoms with Crippen molar-refractivity contribution < 1.29 is 10.2 Å². The monoisotopic (exact) mass is 202 g/mol. The van der Waals surface area contributed by atoms with Crippen LogP contribution in [0.25, 0.3) is 0 Å². The van der Waals surface area contributed by atoms with E-state index in [0.29, 0.717) is 0 Å². The van der Waals surface area contributed by atoms with Crippen LogP contribution in [0.3, 0.4) is 0 Å². The van der Waals surface area contributed by atoms with Crippen LogP contribution in [0.2, 0.25) is 0 Å². The molecule has 2 unspecified atom stereocenters. The van der Waals surface area contributed by atoms with Gasteiger partial charge in [0, 0.05) is 0 Å². The Labute approximate surface area is 88.3 Å². The first-order valence-electron chi connectivity index (χ1n) is 5.45. The Kier molecular flexibility index (Phi) is 3.80. The summed E-state index contributed by atoms with van der Waals surface area (Å²) in [6.07, 6.45) is 0.836. The minimum absolute atomic E-state index is 0.0309. The highest BCUT2D eigenvalue weighted by Crippen LogP contribution is 2.44. The Morgan fingerprint density at radius 3 is 1.57 bits per heavy atom. The molecule has 0 aromatic heterocycles. The lowest BCUT2D eigenvalue weighted by atomic mass is 9.62. The molecule has 14 heavy (non-hydrogen) atoms. The van der Waals surface area contributed by atoms with Crippen LogP contribution < -0.4 is 0 Å².